The minimum Gasteiger partial charge on any atom is -0.350 e. The number of likely N-dealkylation sites (N-methyl/N-ethyl adjacent to an activating group) is 2. The van der Waals surface area contributed by atoms with Crippen LogP contribution in [0.5, 0.6) is 0 Å². The Kier molecular flexibility index (Phi) is 5.07. The van der Waals surface area contributed by atoms with E-state index in [2.05, 4.69) is 5.32 Å². The molecule has 0 bridgehead atoms. The van der Waals surface area contributed by atoms with Crippen LogP contribution in [0.3, 0.4) is 0 Å². The van der Waals surface area contributed by atoms with Gasteiger partial charge in [0, 0.05) is 42.7 Å². The number of hydrogen-bond acceptors (Lipinski definition) is 2. The molecule has 1 aliphatic heterocycles. The first-order valence-electron chi connectivity index (χ1n) is 6.46. The average molecular weight is 353 g/mol. The van der Waals surface area contributed by atoms with Crippen LogP contribution in [0.4, 0.5) is 4.79 Å². The molecular weight excluding hydrogens is 337 g/mol. The molecule has 116 valence electrons. The summed E-state index contributed by atoms with van der Waals surface area (Å²) in [7, 11) is 3.26. The minimum absolute atomic E-state index is 0.173. The Labute approximate surface area is 138 Å². The first-order chi connectivity index (χ1) is 9.81. The van der Waals surface area contributed by atoms with Crippen molar-refractivity contribution in [3.8, 4) is 0 Å². The van der Waals surface area contributed by atoms with Crippen molar-refractivity contribution in [2.45, 2.75) is 17.8 Å². The van der Waals surface area contributed by atoms with Crippen molar-refractivity contribution in [3.05, 3.63) is 21.7 Å². The fraction of sp³-hybridized carbons (Fsp3) is 0.538. The molecule has 0 aromatic heterocycles. The van der Waals surface area contributed by atoms with Crippen LogP contribution in [0.25, 0.3) is 0 Å². The Morgan fingerprint density at radius 3 is 2.62 bits per heavy atom. The lowest BCUT2D eigenvalue weighted by Gasteiger charge is -2.20. The Morgan fingerprint density at radius 1 is 1.43 bits per heavy atom. The highest BCUT2D eigenvalue weighted by Gasteiger charge is 2.37. The number of amides is 3. The molecule has 21 heavy (non-hydrogen) atoms. The Hall–Kier alpha value is -0.910. The number of urea groups is 1. The van der Waals surface area contributed by atoms with Crippen LogP contribution in [0.1, 0.15) is 6.42 Å². The lowest BCUT2D eigenvalue weighted by Crippen LogP contribution is -2.44. The molecule has 0 aromatic rings. The van der Waals surface area contributed by atoms with E-state index >= 15 is 0 Å². The Morgan fingerprint density at radius 2 is 2.10 bits per heavy atom. The van der Waals surface area contributed by atoms with Gasteiger partial charge in [0.1, 0.15) is 6.04 Å². The molecule has 1 fully saturated rings. The fourth-order valence-corrected chi connectivity index (χ4v) is 3.48. The van der Waals surface area contributed by atoms with Gasteiger partial charge in [0.2, 0.25) is 5.91 Å². The van der Waals surface area contributed by atoms with Crippen molar-refractivity contribution in [2.75, 3.05) is 27.2 Å². The first kappa shape index (κ1) is 16.5. The van der Waals surface area contributed by atoms with Crippen LogP contribution in [-0.2, 0) is 4.79 Å². The normalized spacial score (nSPS) is 26.3. The highest BCUT2D eigenvalue weighted by Crippen LogP contribution is 2.32. The number of rotatable bonds is 3. The van der Waals surface area contributed by atoms with Crippen molar-refractivity contribution in [2.24, 2.45) is 0 Å². The second kappa shape index (κ2) is 6.46. The van der Waals surface area contributed by atoms with Gasteiger partial charge in [-0.2, -0.15) is 0 Å². The Balaban J connectivity index is 1.98. The molecule has 2 unspecified atom stereocenters. The molecule has 1 heterocycles. The quantitative estimate of drug-likeness (QED) is 0.791. The molecular formula is C13H16Cl3N3O2. The van der Waals surface area contributed by atoms with Gasteiger partial charge in [0.05, 0.1) is 11.9 Å². The first-order valence-corrected chi connectivity index (χ1v) is 7.65. The van der Waals surface area contributed by atoms with Gasteiger partial charge in [-0.15, -0.1) is 11.6 Å². The van der Waals surface area contributed by atoms with Crippen LogP contribution in [0.15, 0.2) is 21.7 Å². The molecule has 0 radical (unpaired) electrons. The van der Waals surface area contributed by atoms with Crippen LogP contribution in [-0.4, -0.2) is 60.3 Å². The standard InChI is InChI=1S/C13H16Cl3N3O2/c1-18-6-11(19(2)13(18)21)12(20)17-5-8-9(15)3-7(14)4-10(8)16/h3,7,11H,4-6H2,1-2H3,(H,17,20). The summed E-state index contributed by atoms with van der Waals surface area (Å²) >= 11 is 18.2. The largest absolute Gasteiger partial charge is 0.350 e. The molecule has 0 spiro atoms. The summed E-state index contributed by atoms with van der Waals surface area (Å²) in [5.41, 5.74) is 0.670. The van der Waals surface area contributed by atoms with Gasteiger partial charge in [-0.1, -0.05) is 23.2 Å². The fourth-order valence-electron chi connectivity index (χ4n) is 2.34. The van der Waals surface area contributed by atoms with Gasteiger partial charge >= 0.3 is 6.03 Å². The minimum atomic E-state index is -0.506. The lowest BCUT2D eigenvalue weighted by molar-refractivity contribution is -0.124. The van der Waals surface area contributed by atoms with E-state index in [4.69, 9.17) is 34.8 Å². The van der Waals surface area contributed by atoms with Crippen molar-refractivity contribution in [1.29, 1.82) is 0 Å². The molecule has 1 saturated heterocycles. The SMILES string of the molecule is CN1CC(C(=O)NCC2=C(Cl)CC(Cl)C=C2Cl)N(C)C1=O. The summed E-state index contributed by atoms with van der Waals surface area (Å²) in [5, 5.41) is 3.56. The molecule has 1 aliphatic carbocycles. The predicted octanol–water partition coefficient (Wildman–Crippen LogP) is 2.10. The van der Waals surface area contributed by atoms with Gasteiger partial charge in [0.25, 0.3) is 0 Å². The summed E-state index contributed by atoms with van der Waals surface area (Å²) in [6.45, 7) is 0.583. The highest BCUT2D eigenvalue weighted by atomic mass is 35.5. The van der Waals surface area contributed by atoms with Crippen LogP contribution in [0, 0.1) is 0 Å². The number of nitrogens with zero attached hydrogens (tertiary/aromatic N) is 2. The number of carbonyl (C=O) groups excluding carboxylic acids is 2. The zero-order valence-corrected chi connectivity index (χ0v) is 14.0. The molecule has 1 N–H and O–H groups in total. The van der Waals surface area contributed by atoms with E-state index in [1.165, 1.54) is 9.80 Å². The predicted molar refractivity (Wildman–Crippen MR) is 83.7 cm³/mol. The second-order valence-corrected chi connectivity index (χ2v) is 6.55. The summed E-state index contributed by atoms with van der Waals surface area (Å²) in [6, 6.07) is -0.679. The number of halogens is 3. The maximum atomic E-state index is 12.2. The molecule has 3 amide bonds. The van der Waals surface area contributed by atoms with E-state index in [-0.39, 0.29) is 23.9 Å². The smallest absolute Gasteiger partial charge is 0.320 e. The topological polar surface area (TPSA) is 52.7 Å². The maximum absolute atomic E-state index is 12.2. The van der Waals surface area contributed by atoms with E-state index in [1.807, 2.05) is 0 Å². The number of nitrogens with one attached hydrogen (secondary N) is 1. The zero-order chi connectivity index (χ0) is 15.7. The number of hydrogen-bond donors (Lipinski definition) is 1. The van der Waals surface area contributed by atoms with Crippen molar-refractivity contribution < 1.29 is 9.59 Å². The highest BCUT2D eigenvalue weighted by molar-refractivity contribution is 6.37. The zero-order valence-electron chi connectivity index (χ0n) is 11.7. The molecule has 2 atom stereocenters. The molecule has 0 saturated carbocycles. The van der Waals surface area contributed by atoms with Crippen LogP contribution < -0.4 is 5.32 Å². The van der Waals surface area contributed by atoms with Gasteiger partial charge in [-0.3, -0.25) is 4.79 Å². The molecule has 2 rings (SSSR count). The summed E-state index contributed by atoms with van der Waals surface area (Å²) < 4.78 is 0. The van der Waals surface area contributed by atoms with Gasteiger partial charge < -0.3 is 15.1 Å². The van der Waals surface area contributed by atoms with E-state index in [9.17, 15) is 9.59 Å². The number of alkyl halides is 1. The summed E-state index contributed by atoms with van der Waals surface area (Å²) in [4.78, 5) is 26.8. The lowest BCUT2D eigenvalue weighted by atomic mass is 10.1. The summed E-state index contributed by atoms with van der Waals surface area (Å²) in [6.07, 6.45) is 2.20. The van der Waals surface area contributed by atoms with E-state index in [1.54, 1.807) is 20.2 Å². The third kappa shape index (κ3) is 3.47. The second-order valence-electron chi connectivity index (χ2n) is 5.13. The number of allylic oxidation sites excluding steroid dienone is 2. The van der Waals surface area contributed by atoms with Gasteiger partial charge in [-0.05, 0) is 6.08 Å². The van der Waals surface area contributed by atoms with E-state index in [0.29, 0.717) is 28.6 Å². The van der Waals surface area contributed by atoms with Gasteiger partial charge in [0.15, 0.2) is 0 Å². The van der Waals surface area contributed by atoms with Crippen molar-refractivity contribution in [1.82, 2.24) is 15.1 Å². The maximum Gasteiger partial charge on any atom is 0.320 e. The Bertz CT molecular complexity index is 533. The van der Waals surface area contributed by atoms with Crippen LogP contribution in [0.2, 0.25) is 0 Å². The van der Waals surface area contributed by atoms with E-state index < -0.39 is 6.04 Å². The average Bonchev–Trinajstić information content (AvgIpc) is 2.65. The third-order valence-electron chi connectivity index (χ3n) is 3.60. The van der Waals surface area contributed by atoms with E-state index in [0.717, 1.165) is 0 Å². The molecule has 8 heteroatoms. The van der Waals surface area contributed by atoms with Gasteiger partial charge in [-0.25, -0.2) is 4.79 Å². The molecule has 0 aromatic carbocycles. The third-order valence-corrected chi connectivity index (χ3v) is 4.62. The monoisotopic (exact) mass is 351 g/mol. The summed E-state index contributed by atoms with van der Waals surface area (Å²) in [5.74, 6) is -0.232. The van der Waals surface area contributed by atoms with Crippen LogP contribution >= 0.6 is 34.8 Å². The molecule has 5 nitrogen and oxygen atoms in total. The number of carbonyl (C=O) groups is 2. The van der Waals surface area contributed by atoms with Crippen molar-refractivity contribution in [3.63, 3.8) is 0 Å². The molecule has 2 aliphatic rings. The van der Waals surface area contributed by atoms with Crippen molar-refractivity contribution >= 4 is 46.7 Å².